The highest BCUT2D eigenvalue weighted by Gasteiger charge is 2.26. The zero-order chi connectivity index (χ0) is 13.3. The first-order valence-corrected chi connectivity index (χ1v) is 7.82. The third-order valence-electron chi connectivity index (χ3n) is 3.30. The van der Waals surface area contributed by atoms with Crippen LogP contribution >= 0.6 is 11.6 Å². The molecule has 1 aliphatic rings. The molecular formula is C12H17ClN2O2S. The van der Waals surface area contributed by atoms with Gasteiger partial charge in [0.25, 0.3) is 0 Å². The van der Waals surface area contributed by atoms with E-state index in [-0.39, 0.29) is 16.0 Å². The highest BCUT2D eigenvalue weighted by atomic mass is 35.5. The van der Waals surface area contributed by atoms with E-state index in [4.69, 9.17) is 17.3 Å². The molecule has 1 aromatic carbocycles. The fraction of sp³-hybridized carbons (Fsp3) is 0.500. The second kappa shape index (κ2) is 5.07. The van der Waals surface area contributed by atoms with Crippen molar-refractivity contribution >= 4 is 27.3 Å². The summed E-state index contributed by atoms with van der Waals surface area (Å²) in [6, 6.07) is 4.40. The van der Waals surface area contributed by atoms with Crippen LogP contribution < -0.4 is 10.5 Å². The molecule has 100 valence electrons. The Bertz CT molecular complexity index is 545. The van der Waals surface area contributed by atoms with Crippen LogP contribution in [0.5, 0.6) is 0 Å². The number of anilines is 1. The van der Waals surface area contributed by atoms with E-state index in [0.29, 0.717) is 11.6 Å². The molecule has 4 nitrogen and oxygen atoms in total. The van der Waals surface area contributed by atoms with Crippen molar-refractivity contribution in [1.82, 2.24) is 4.72 Å². The molecule has 6 heteroatoms. The quantitative estimate of drug-likeness (QED) is 0.839. The van der Waals surface area contributed by atoms with Gasteiger partial charge in [-0.1, -0.05) is 18.5 Å². The molecule has 0 saturated heterocycles. The van der Waals surface area contributed by atoms with E-state index in [1.54, 1.807) is 0 Å². The van der Waals surface area contributed by atoms with Gasteiger partial charge in [0.1, 0.15) is 0 Å². The fourth-order valence-corrected chi connectivity index (χ4v) is 3.83. The van der Waals surface area contributed by atoms with Gasteiger partial charge in [0.05, 0.1) is 15.6 Å². The molecule has 0 aliphatic heterocycles. The Morgan fingerprint density at radius 2 is 2.11 bits per heavy atom. The molecule has 18 heavy (non-hydrogen) atoms. The topological polar surface area (TPSA) is 72.2 Å². The summed E-state index contributed by atoms with van der Waals surface area (Å²) in [6.45, 7) is 2.13. The summed E-state index contributed by atoms with van der Waals surface area (Å²) in [6.07, 6.45) is 2.85. The average Bonchev–Trinajstić information content (AvgIpc) is 2.67. The lowest BCUT2D eigenvalue weighted by Gasteiger charge is -2.13. The average molecular weight is 289 g/mol. The minimum Gasteiger partial charge on any atom is -0.398 e. The third kappa shape index (κ3) is 2.96. The van der Waals surface area contributed by atoms with E-state index in [9.17, 15) is 8.42 Å². The van der Waals surface area contributed by atoms with Gasteiger partial charge in [0.15, 0.2) is 0 Å². The zero-order valence-electron chi connectivity index (χ0n) is 10.2. The van der Waals surface area contributed by atoms with E-state index in [1.807, 2.05) is 0 Å². The molecule has 0 radical (unpaired) electrons. The van der Waals surface area contributed by atoms with Crippen LogP contribution in [-0.4, -0.2) is 14.5 Å². The lowest BCUT2D eigenvalue weighted by molar-refractivity contribution is 0.538. The van der Waals surface area contributed by atoms with Crippen LogP contribution in [0, 0.1) is 5.92 Å². The van der Waals surface area contributed by atoms with Crippen LogP contribution in [0.4, 0.5) is 5.69 Å². The summed E-state index contributed by atoms with van der Waals surface area (Å²) in [5.74, 6) is 0.577. The van der Waals surface area contributed by atoms with E-state index >= 15 is 0 Å². The van der Waals surface area contributed by atoms with Gasteiger partial charge < -0.3 is 5.73 Å². The second-order valence-corrected chi connectivity index (χ2v) is 7.04. The van der Waals surface area contributed by atoms with Gasteiger partial charge in [-0.25, -0.2) is 13.1 Å². The summed E-state index contributed by atoms with van der Waals surface area (Å²) in [5, 5.41) is 0.262. The maximum atomic E-state index is 12.1. The van der Waals surface area contributed by atoms with Gasteiger partial charge in [-0.05, 0) is 43.4 Å². The molecule has 0 heterocycles. The number of nitrogens with two attached hydrogens (primary N) is 1. The largest absolute Gasteiger partial charge is 0.398 e. The van der Waals surface area contributed by atoms with Crippen molar-refractivity contribution < 1.29 is 8.42 Å². The number of halogens is 1. The van der Waals surface area contributed by atoms with Crippen molar-refractivity contribution in [3.05, 3.63) is 23.2 Å². The van der Waals surface area contributed by atoms with E-state index in [2.05, 4.69) is 11.6 Å². The Morgan fingerprint density at radius 1 is 1.39 bits per heavy atom. The fourth-order valence-electron chi connectivity index (χ4n) is 2.28. The first kappa shape index (κ1) is 13.6. The molecule has 3 N–H and O–H groups in total. The van der Waals surface area contributed by atoms with Crippen molar-refractivity contribution in [2.45, 2.75) is 37.1 Å². The summed E-state index contributed by atoms with van der Waals surface area (Å²) in [4.78, 5) is 0.168. The number of sulfonamides is 1. The first-order chi connectivity index (χ1) is 8.38. The normalized spacial score (nSPS) is 24.3. The van der Waals surface area contributed by atoms with Crippen LogP contribution in [0.2, 0.25) is 5.02 Å². The monoisotopic (exact) mass is 288 g/mol. The standard InChI is InChI=1S/C12H17ClN2O2S/c1-8-2-3-9(6-8)15-18(16,17)10-4-5-12(14)11(13)7-10/h4-5,7-9,15H,2-3,6,14H2,1H3. The van der Waals surface area contributed by atoms with E-state index in [1.165, 1.54) is 18.2 Å². The Morgan fingerprint density at radius 3 is 2.67 bits per heavy atom. The van der Waals surface area contributed by atoms with Crippen LogP contribution in [0.15, 0.2) is 23.1 Å². The molecule has 1 fully saturated rings. The van der Waals surface area contributed by atoms with Gasteiger partial charge in [0.2, 0.25) is 10.0 Å². The van der Waals surface area contributed by atoms with Crippen molar-refractivity contribution in [1.29, 1.82) is 0 Å². The summed E-state index contributed by atoms with van der Waals surface area (Å²) < 4.78 is 27.0. The van der Waals surface area contributed by atoms with Crippen molar-refractivity contribution in [3.63, 3.8) is 0 Å². The molecule has 2 atom stereocenters. The predicted octanol–water partition coefficient (Wildman–Crippen LogP) is 2.39. The Labute approximate surface area is 113 Å². The van der Waals surface area contributed by atoms with Gasteiger partial charge in [-0.2, -0.15) is 0 Å². The van der Waals surface area contributed by atoms with Crippen molar-refractivity contribution in [3.8, 4) is 0 Å². The minimum absolute atomic E-state index is 0.0290. The number of rotatable bonds is 3. The van der Waals surface area contributed by atoms with E-state index in [0.717, 1.165) is 19.3 Å². The summed E-state index contributed by atoms with van der Waals surface area (Å²) in [7, 11) is -3.50. The SMILES string of the molecule is CC1CCC(NS(=O)(=O)c2ccc(N)c(Cl)c2)C1. The first-order valence-electron chi connectivity index (χ1n) is 5.96. The highest BCUT2D eigenvalue weighted by Crippen LogP contribution is 2.27. The van der Waals surface area contributed by atoms with Gasteiger partial charge in [0, 0.05) is 6.04 Å². The molecule has 0 amide bonds. The second-order valence-electron chi connectivity index (χ2n) is 4.92. The van der Waals surface area contributed by atoms with Crippen LogP contribution in [0.3, 0.4) is 0 Å². The lowest BCUT2D eigenvalue weighted by atomic mass is 10.1. The van der Waals surface area contributed by atoms with Gasteiger partial charge >= 0.3 is 0 Å². The molecule has 0 spiro atoms. The lowest BCUT2D eigenvalue weighted by Crippen LogP contribution is -2.32. The molecule has 0 bridgehead atoms. The summed E-state index contributed by atoms with van der Waals surface area (Å²) in [5.41, 5.74) is 5.95. The molecule has 0 aromatic heterocycles. The molecule has 2 unspecified atom stereocenters. The molecule has 1 aromatic rings. The Kier molecular flexibility index (Phi) is 3.84. The van der Waals surface area contributed by atoms with Crippen molar-refractivity contribution in [2.24, 2.45) is 5.92 Å². The third-order valence-corrected chi connectivity index (χ3v) is 5.14. The number of hydrogen-bond donors (Lipinski definition) is 2. The molecule has 1 aliphatic carbocycles. The smallest absolute Gasteiger partial charge is 0.240 e. The van der Waals surface area contributed by atoms with Crippen LogP contribution in [0.1, 0.15) is 26.2 Å². The molecular weight excluding hydrogens is 272 g/mol. The number of nitrogen functional groups attached to an aromatic ring is 1. The molecule has 1 saturated carbocycles. The number of nitrogens with one attached hydrogen (secondary N) is 1. The van der Waals surface area contributed by atoms with Crippen LogP contribution in [0.25, 0.3) is 0 Å². The Balaban J connectivity index is 2.17. The maximum Gasteiger partial charge on any atom is 0.240 e. The zero-order valence-corrected chi connectivity index (χ0v) is 11.8. The van der Waals surface area contributed by atoms with Crippen molar-refractivity contribution in [2.75, 3.05) is 5.73 Å². The maximum absolute atomic E-state index is 12.1. The van der Waals surface area contributed by atoms with Gasteiger partial charge in [-0.15, -0.1) is 0 Å². The minimum atomic E-state index is -3.50. The Hall–Kier alpha value is -0.780. The summed E-state index contributed by atoms with van der Waals surface area (Å²) >= 11 is 5.84. The number of benzene rings is 1. The van der Waals surface area contributed by atoms with E-state index < -0.39 is 10.0 Å². The predicted molar refractivity (Wildman–Crippen MR) is 73.0 cm³/mol. The highest BCUT2D eigenvalue weighted by molar-refractivity contribution is 7.89. The van der Waals surface area contributed by atoms with Gasteiger partial charge in [-0.3, -0.25) is 0 Å². The molecule has 2 rings (SSSR count). The number of hydrogen-bond acceptors (Lipinski definition) is 3. The van der Waals surface area contributed by atoms with Crippen LogP contribution in [-0.2, 0) is 10.0 Å².